The summed E-state index contributed by atoms with van der Waals surface area (Å²) >= 11 is 0. The number of aliphatic hydroxyl groups excluding tert-OH is 1. The monoisotopic (exact) mass is 1510 g/mol. The summed E-state index contributed by atoms with van der Waals surface area (Å²) in [6, 6.07) is 0. The highest BCUT2D eigenvalue weighted by atomic mass is 31.2. The van der Waals surface area contributed by atoms with E-state index in [1.54, 1.807) is 0 Å². The Morgan fingerprint density at radius 1 is 0.262 bits per heavy atom. The molecule has 0 aromatic rings. The van der Waals surface area contributed by atoms with Crippen molar-refractivity contribution in [3.05, 3.63) is 0 Å². The summed E-state index contributed by atoms with van der Waals surface area (Å²) in [7, 11) is -9.92. The molecule has 0 saturated carbocycles. The minimum absolute atomic E-state index is 0.109. The summed E-state index contributed by atoms with van der Waals surface area (Å²) in [5, 5.41) is 10.6. The Hall–Kier alpha value is -1.94. The summed E-state index contributed by atoms with van der Waals surface area (Å²) in [5.74, 6) is -1.29. The SMILES string of the molecule is CCCCCCCCCCCCCCCCCCCCCCC(=O)O[C@H](COC(=O)CCCCCCCCCCCCCCCCCCC(C)C)COP(=O)(O)OC[C@@H](O)COP(=O)(O)OC[C@@H](COC(=O)CCCCCCCCC)OC(=O)CCCCCCCCCCCCCCCCCCC. The van der Waals surface area contributed by atoms with E-state index in [1.807, 2.05) is 0 Å². The molecule has 17 nitrogen and oxygen atoms in total. The summed E-state index contributed by atoms with van der Waals surface area (Å²) in [6.45, 7) is 7.34. The van der Waals surface area contributed by atoms with Gasteiger partial charge in [-0.2, -0.15) is 0 Å². The number of phosphoric acid groups is 2. The smallest absolute Gasteiger partial charge is 0.462 e. The number of ether oxygens (including phenoxy) is 4. The van der Waals surface area contributed by atoms with Gasteiger partial charge in [0.2, 0.25) is 0 Å². The number of esters is 4. The molecule has 0 spiro atoms. The van der Waals surface area contributed by atoms with E-state index in [2.05, 4.69) is 34.6 Å². The summed E-state index contributed by atoms with van der Waals surface area (Å²) in [5.41, 5.74) is 0. The van der Waals surface area contributed by atoms with E-state index in [9.17, 15) is 43.2 Å². The molecule has 0 rings (SSSR count). The Labute approximate surface area is 632 Å². The van der Waals surface area contributed by atoms with Crippen LogP contribution in [-0.2, 0) is 65.4 Å². The van der Waals surface area contributed by atoms with Crippen LogP contribution in [0, 0.1) is 5.92 Å². The molecule has 0 aliphatic rings. The Morgan fingerprint density at radius 2 is 0.447 bits per heavy atom. The first kappa shape index (κ1) is 101. The van der Waals surface area contributed by atoms with Crippen molar-refractivity contribution in [1.82, 2.24) is 0 Å². The zero-order valence-corrected chi connectivity index (χ0v) is 69.3. The van der Waals surface area contributed by atoms with Gasteiger partial charge in [-0.25, -0.2) is 9.13 Å². The number of rotatable bonds is 84. The maximum absolute atomic E-state index is 13.1. The van der Waals surface area contributed by atoms with E-state index >= 15 is 0 Å². The van der Waals surface area contributed by atoms with Crippen LogP contribution in [0.25, 0.3) is 0 Å². The second-order valence-corrected chi connectivity index (χ2v) is 33.6. The molecule has 19 heteroatoms. The average Bonchev–Trinajstić information content (AvgIpc) is 0.956. The second-order valence-electron chi connectivity index (χ2n) is 30.7. The van der Waals surface area contributed by atoms with Gasteiger partial charge in [0.25, 0.3) is 0 Å². The molecule has 0 amide bonds. The average molecular weight is 1510 g/mol. The van der Waals surface area contributed by atoms with Gasteiger partial charge in [-0.05, 0) is 31.6 Å². The Kier molecular flexibility index (Phi) is 75.4. The second kappa shape index (κ2) is 76.8. The standard InChI is InChI=1S/C84H164O17P2/c1-6-9-12-15-18-20-22-24-26-28-29-30-32-38-42-46-50-55-60-65-70-84(89)101-80(74-95-82(87)68-63-58-53-48-44-40-36-34-33-35-39-43-47-52-56-61-66-77(4)5)76-99-103(92,93)97-72-78(85)71-96-102(90,91)98-75-79(73-94-81(86)67-62-57-51-17-14-11-8-3)100-83(88)69-64-59-54-49-45-41-37-31-27-25-23-21-19-16-13-10-7-2/h77-80,85H,6-76H2,1-5H3,(H,90,91)(H,92,93)/t78-,79+,80+/m0/s1. The number of aliphatic hydroxyl groups is 1. The lowest BCUT2D eigenvalue weighted by Crippen LogP contribution is -2.30. The third-order valence-corrected chi connectivity index (χ3v) is 21.7. The maximum Gasteiger partial charge on any atom is 0.472 e. The van der Waals surface area contributed by atoms with Crippen LogP contribution in [0.2, 0.25) is 0 Å². The minimum atomic E-state index is -4.96. The third-order valence-electron chi connectivity index (χ3n) is 19.8. The largest absolute Gasteiger partial charge is 0.472 e. The molecular weight excluding hydrogens is 1340 g/mol. The molecule has 0 saturated heterocycles. The van der Waals surface area contributed by atoms with Crippen molar-refractivity contribution >= 4 is 39.5 Å². The van der Waals surface area contributed by atoms with Crippen LogP contribution in [0.4, 0.5) is 0 Å². The van der Waals surface area contributed by atoms with Crippen LogP contribution in [0.15, 0.2) is 0 Å². The van der Waals surface area contributed by atoms with Crippen molar-refractivity contribution < 1.29 is 80.2 Å². The number of carbonyl (C=O) groups is 4. The Bertz CT molecular complexity index is 1960. The highest BCUT2D eigenvalue weighted by Gasteiger charge is 2.30. The van der Waals surface area contributed by atoms with E-state index in [1.165, 1.54) is 263 Å². The van der Waals surface area contributed by atoms with Gasteiger partial charge < -0.3 is 33.8 Å². The van der Waals surface area contributed by atoms with Gasteiger partial charge in [-0.3, -0.25) is 37.3 Å². The molecule has 0 aliphatic heterocycles. The van der Waals surface area contributed by atoms with Crippen molar-refractivity contribution in [3.8, 4) is 0 Å². The molecule has 0 aliphatic carbocycles. The van der Waals surface area contributed by atoms with Crippen molar-refractivity contribution in [2.45, 2.75) is 470 Å². The third kappa shape index (κ3) is 78.0. The first-order valence-electron chi connectivity index (χ1n) is 43.6. The molecule has 5 atom stereocenters. The van der Waals surface area contributed by atoms with Gasteiger partial charge in [0.05, 0.1) is 26.4 Å². The lowest BCUT2D eigenvalue weighted by atomic mass is 10.0. The number of phosphoric ester groups is 2. The predicted octanol–water partition coefficient (Wildman–Crippen LogP) is 25.6. The van der Waals surface area contributed by atoms with Crippen molar-refractivity contribution in [2.24, 2.45) is 5.92 Å². The molecular formula is C84H164O17P2. The van der Waals surface area contributed by atoms with Gasteiger partial charge >= 0.3 is 39.5 Å². The maximum atomic E-state index is 13.1. The van der Waals surface area contributed by atoms with Crippen molar-refractivity contribution in [1.29, 1.82) is 0 Å². The predicted molar refractivity (Wildman–Crippen MR) is 423 cm³/mol. The van der Waals surface area contributed by atoms with Crippen LogP contribution >= 0.6 is 15.6 Å². The molecule has 0 aromatic carbocycles. The van der Waals surface area contributed by atoms with Crippen LogP contribution in [0.5, 0.6) is 0 Å². The van der Waals surface area contributed by atoms with E-state index in [0.717, 1.165) is 109 Å². The Morgan fingerprint density at radius 3 is 0.660 bits per heavy atom. The molecule has 3 N–H and O–H groups in total. The topological polar surface area (TPSA) is 237 Å². The number of unbranched alkanes of at least 4 members (excludes halogenated alkanes) is 56. The summed E-state index contributed by atoms with van der Waals surface area (Å²) in [4.78, 5) is 73.0. The summed E-state index contributed by atoms with van der Waals surface area (Å²) in [6.07, 6.45) is 69.6. The normalized spacial score (nSPS) is 13.8. The quantitative estimate of drug-likeness (QED) is 0.0222. The molecule has 0 radical (unpaired) electrons. The van der Waals surface area contributed by atoms with Gasteiger partial charge in [-0.15, -0.1) is 0 Å². The van der Waals surface area contributed by atoms with E-state index < -0.39 is 97.5 Å². The van der Waals surface area contributed by atoms with Crippen molar-refractivity contribution in [3.63, 3.8) is 0 Å². The van der Waals surface area contributed by atoms with Gasteiger partial charge in [0.1, 0.15) is 19.3 Å². The Balaban J connectivity index is 5.16. The first-order valence-corrected chi connectivity index (χ1v) is 46.6. The van der Waals surface area contributed by atoms with Crippen LogP contribution < -0.4 is 0 Å². The zero-order chi connectivity index (χ0) is 75.5. The van der Waals surface area contributed by atoms with Crippen LogP contribution in [-0.4, -0.2) is 96.7 Å². The molecule has 0 heterocycles. The molecule has 103 heavy (non-hydrogen) atoms. The first-order chi connectivity index (χ1) is 50.0. The molecule has 612 valence electrons. The fraction of sp³-hybridized carbons (Fsp3) is 0.952. The van der Waals surface area contributed by atoms with E-state index in [-0.39, 0.29) is 25.7 Å². The number of hydrogen-bond donors (Lipinski definition) is 3. The van der Waals surface area contributed by atoms with E-state index in [4.69, 9.17) is 37.0 Å². The highest BCUT2D eigenvalue weighted by Crippen LogP contribution is 2.45. The fourth-order valence-electron chi connectivity index (χ4n) is 13.1. The summed E-state index contributed by atoms with van der Waals surface area (Å²) < 4.78 is 68.7. The van der Waals surface area contributed by atoms with Crippen LogP contribution in [0.1, 0.15) is 452 Å². The molecule has 0 fully saturated rings. The highest BCUT2D eigenvalue weighted by molar-refractivity contribution is 7.47. The minimum Gasteiger partial charge on any atom is -0.462 e. The van der Waals surface area contributed by atoms with Gasteiger partial charge in [0.15, 0.2) is 12.2 Å². The van der Waals surface area contributed by atoms with Crippen molar-refractivity contribution in [2.75, 3.05) is 39.6 Å². The van der Waals surface area contributed by atoms with Gasteiger partial charge in [0, 0.05) is 25.7 Å². The fourth-order valence-corrected chi connectivity index (χ4v) is 14.7. The number of carbonyl (C=O) groups excluding carboxylic acids is 4. The van der Waals surface area contributed by atoms with Crippen LogP contribution in [0.3, 0.4) is 0 Å². The van der Waals surface area contributed by atoms with Gasteiger partial charge in [-0.1, -0.05) is 401 Å². The molecule has 2 unspecified atom stereocenters. The molecule has 0 bridgehead atoms. The number of hydrogen-bond acceptors (Lipinski definition) is 15. The lowest BCUT2D eigenvalue weighted by Gasteiger charge is -2.21. The zero-order valence-electron chi connectivity index (χ0n) is 67.5. The molecule has 0 aromatic heterocycles. The van der Waals surface area contributed by atoms with E-state index in [0.29, 0.717) is 25.7 Å². The lowest BCUT2D eigenvalue weighted by molar-refractivity contribution is -0.161.